The van der Waals surface area contributed by atoms with Gasteiger partial charge in [0.25, 0.3) is 0 Å². The van der Waals surface area contributed by atoms with Crippen LogP contribution in [0.4, 0.5) is 0 Å². The molecule has 0 unspecified atom stereocenters. The van der Waals surface area contributed by atoms with Crippen LogP contribution in [0.25, 0.3) is 0 Å². The molecule has 0 saturated heterocycles. The van der Waals surface area contributed by atoms with Crippen LogP contribution < -0.4 is 0 Å². The Hall–Kier alpha value is -0.120. The van der Waals surface area contributed by atoms with E-state index in [0.717, 1.165) is 31.6 Å². The molecule has 0 aromatic heterocycles. The molecule has 307 valence electrons. The van der Waals surface area contributed by atoms with Crippen LogP contribution in [-0.4, -0.2) is 34.1 Å². The first-order valence-corrected chi connectivity index (χ1v) is 24.0. The molecule has 0 amide bonds. The Bertz CT molecular complexity index is 565. The number of unbranched alkanes of at least 4 members (excludes halogenated alkanes) is 38. The van der Waals surface area contributed by atoms with Crippen molar-refractivity contribution in [3.05, 3.63) is 5.92 Å². The number of hydrogen-bond donors (Lipinski definition) is 3. The molecule has 0 aromatic carbocycles. The summed E-state index contributed by atoms with van der Waals surface area (Å²) in [5.41, 5.74) is 0. The van der Waals surface area contributed by atoms with Gasteiger partial charge in [-0.3, -0.25) is 0 Å². The molecule has 0 saturated carbocycles. The topological polar surface area (TPSA) is 60.7 Å². The molecule has 51 heavy (non-hydrogen) atoms. The molecule has 0 bridgehead atoms. The van der Waals surface area contributed by atoms with Crippen LogP contribution in [0, 0.1) is 5.92 Å². The average Bonchev–Trinajstić information content (AvgIpc) is 3.14. The minimum Gasteiger partial charge on any atom is -0.394 e. The minimum atomic E-state index is -1.03. The van der Waals surface area contributed by atoms with Gasteiger partial charge in [0, 0.05) is 5.92 Å². The normalized spacial score (nSPS) is 13.1. The van der Waals surface area contributed by atoms with Crippen LogP contribution in [0.15, 0.2) is 0 Å². The van der Waals surface area contributed by atoms with Crippen molar-refractivity contribution >= 4 is 0 Å². The lowest BCUT2D eigenvalue weighted by Crippen LogP contribution is -2.35. The lowest BCUT2D eigenvalue weighted by atomic mass is 9.87. The summed E-state index contributed by atoms with van der Waals surface area (Å²) in [6, 6.07) is 0. The highest BCUT2D eigenvalue weighted by molar-refractivity contribution is 5.00. The monoisotopic (exact) mass is 722 g/mol. The molecule has 0 aliphatic heterocycles. The van der Waals surface area contributed by atoms with Crippen molar-refractivity contribution in [2.75, 3.05) is 6.61 Å². The smallest absolute Gasteiger partial charge is 0.103 e. The third-order valence-corrected chi connectivity index (χ3v) is 11.7. The SMILES string of the molecule is CCCCCCCCCCCCCCCCCCCCCC[C](CCCCCCCCCCCCCCCCCCCCCC)[C@H](O)[C@H](O)CO. The zero-order valence-electron chi connectivity index (χ0n) is 35.4. The standard InChI is InChI=1S/C48H97O3/c1-3-5-7-9-11-13-15-17-19-21-23-25-27-29-31-33-35-37-39-41-43-46(48(51)47(50)45-49)44-42-40-38-36-34-32-30-28-26-24-22-20-18-16-14-12-10-8-6-4-2/h47-51H,3-45H2,1-2H3/t47-,48+/m1/s1. The van der Waals surface area contributed by atoms with E-state index in [1.54, 1.807) is 0 Å². The molecule has 0 aliphatic rings. The molecular formula is C48H97O3. The summed E-state index contributed by atoms with van der Waals surface area (Å²) in [7, 11) is 0. The van der Waals surface area contributed by atoms with Gasteiger partial charge in [0.15, 0.2) is 0 Å². The van der Waals surface area contributed by atoms with Crippen LogP contribution >= 0.6 is 0 Å². The number of aliphatic hydroxyl groups is 3. The number of rotatable bonds is 45. The molecule has 0 spiro atoms. The fourth-order valence-corrected chi connectivity index (χ4v) is 8.01. The molecule has 0 heterocycles. The van der Waals surface area contributed by atoms with E-state index in [9.17, 15) is 15.3 Å². The maximum absolute atomic E-state index is 10.6. The van der Waals surface area contributed by atoms with Crippen molar-refractivity contribution in [3.63, 3.8) is 0 Å². The van der Waals surface area contributed by atoms with E-state index in [1.807, 2.05) is 0 Å². The molecule has 2 atom stereocenters. The van der Waals surface area contributed by atoms with Crippen LogP contribution in [0.2, 0.25) is 0 Å². The van der Waals surface area contributed by atoms with E-state index in [2.05, 4.69) is 13.8 Å². The van der Waals surface area contributed by atoms with E-state index >= 15 is 0 Å². The van der Waals surface area contributed by atoms with Gasteiger partial charge in [-0.25, -0.2) is 0 Å². The predicted molar refractivity (Wildman–Crippen MR) is 228 cm³/mol. The van der Waals surface area contributed by atoms with Gasteiger partial charge in [-0.05, 0) is 12.8 Å². The van der Waals surface area contributed by atoms with E-state index in [4.69, 9.17) is 0 Å². The third kappa shape index (κ3) is 39.4. The summed E-state index contributed by atoms with van der Waals surface area (Å²) < 4.78 is 0. The van der Waals surface area contributed by atoms with Crippen molar-refractivity contribution in [1.29, 1.82) is 0 Å². The van der Waals surface area contributed by atoms with Crippen molar-refractivity contribution in [1.82, 2.24) is 0 Å². The van der Waals surface area contributed by atoms with Crippen LogP contribution in [-0.2, 0) is 0 Å². The molecule has 0 aliphatic carbocycles. The molecule has 1 radical (unpaired) electrons. The van der Waals surface area contributed by atoms with E-state index in [1.165, 1.54) is 244 Å². The van der Waals surface area contributed by atoms with Crippen LogP contribution in [0.3, 0.4) is 0 Å². The van der Waals surface area contributed by atoms with Gasteiger partial charge in [-0.1, -0.05) is 271 Å². The Morgan fingerprint density at radius 3 is 0.647 bits per heavy atom. The third-order valence-electron chi connectivity index (χ3n) is 11.7. The minimum absolute atomic E-state index is 0.358. The van der Waals surface area contributed by atoms with E-state index in [0.29, 0.717) is 0 Å². The molecular weight excluding hydrogens is 625 g/mol. The average molecular weight is 722 g/mol. The van der Waals surface area contributed by atoms with Gasteiger partial charge in [-0.15, -0.1) is 0 Å². The highest BCUT2D eigenvalue weighted by Crippen LogP contribution is 2.26. The van der Waals surface area contributed by atoms with E-state index < -0.39 is 12.2 Å². The largest absolute Gasteiger partial charge is 0.394 e. The van der Waals surface area contributed by atoms with Gasteiger partial charge < -0.3 is 15.3 Å². The Morgan fingerprint density at radius 2 is 0.471 bits per heavy atom. The summed E-state index contributed by atoms with van der Waals surface area (Å²) >= 11 is 0. The molecule has 0 fully saturated rings. The summed E-state index contributed by atoms with van der Waals surface area (Å²) in [5, 5.41) is 30.2. The van der Waals surface area contributed by atoms with Gasteiger partial charge in [0.1, 0.15) is 6.10 Å². The van der Waals surface area contributed by atoms with Crippen molar-refractivity contribution in [3.8, 4) is 0 Å². The van der Waals surface area contributed by atoms with Crippen LogP contribution in [0.5, 0.6) is 0 Å². The summed E-state index contributed by atoms with van der Waals surface area (Å²) in [5.74, 6) is 1.07. The second kappa shape index (κ2) is 44.3. The highest BCUT2D eigenvalue weighted by atomic mass is 16.4. The zero-order valence-corrected chi connectivity index (χ0v) is 35.4. The fraction of sp³-hybridized carbons (Fsp3) is 0.979. The van der Waals surface area contributed by atoms with Gasteiger partial charge >= 0.3 is 0 Å². The van der Waals surface area contributed by atoms with Gasteiger partial charge in [0.05, 0.1) is 12.7 Å². The van der Waals surface area contributed by atoms with Crippen molar-refractivity contribution in [2.24, 2.45) is 0 Å². The first-order chi connectivity index (χ1) is 25.2. The lowest BCUT2D eigenvalue weighted by molar-refractivity contribution is -0.0106. The number of aliphatic hydroxyl groups excluding tert-OH is 3. The molecule has 3 N–H and O–H groups in total. The second-order valence-electron chi connectivity index (χ2n) is 16.8. The fourth-order valence-electron chi connectivity index (χ4n) is 8.01. The quantitative estimate of drug-likeness (QED) is 0.0549. The lowest BCUT2D eigenvalue weighted by Gasteiger charge is -2.25. The maximum Gasteiger partial charge on any atom is 0.103 e. The Morgan fingerprint density at radius 1 is 0.294 bits per heavy atom. The predicted octanol–water partition coefficient (Wildman–Crippen LogP) is 15.7. The Balaban J connectivity index is 3.61. The number of hydrogen-bond acceptors (Lipinski definition) is 3. The molecule has 0 aromatic rings. The zero-order chi connectivity index (χ0) is 37.1. The first-order valence-electron chi connectivity index (χ1n) is 24.0. The van der Waals surface area contributed by atoms with E-state index in [-0.39, 0.29) is 6.61 Å². The highest BCUT2D eigenvalue weighted by Gasteiger charge is 2.25. The van der Waals surface area contributed by atoms with Gasteiger partial charge in [-0.2, -0.15) is 0 Å². The summed E-state index contributed by atoms with van der Waals surface area (Å²) in [6.07, 6.45) is 55.4. The summed E-state index contributed by atoms with van der Waals surface area (Å²) in [4.78, 5) is 0. The summed E-state index contributed by atoms with van der Waals surface area (Å²) in [6.45, 7) is 4.23. The Labute approximate surface area is 322 Å². The second-order valence-corrected chi connectivity index (χ2v) is 16.8. The van der Waals surface area contributed by atoms with Crippen molar-refractivity contribution in [2.45, 2.75) is 296 Å². The first kappa shape index (κ1) is 50.9. The van der Waals surface area contributed by atoms with Crippen LogP contribution in [0.1, 0.15) is 284 Å². The van der Waals surface area contributed by atoms with Gasteiger partial charge in [0.2, 0.25) is 0 Å². The maximum atomic E-state index is 10.6. The molecule has 3 heteroatoms. The Kier molecular flexibility index (Phi) is 44.2. The van der Waals surface area contributed by atoms with Crippen molar-refractivity contribution < 1.29 is 15.3 Å². The molecule has 0 rings (SSSR count). The molecule has 3 nitrogen and oxygen atoms in total.